The molecule has 0 unspecified atom stereocenters. The molecule has 0 N–H and O–H groups in total. The smallest absolute Gasteiger partial charge is 0.348 e. The summed E-state index contributed by atoms with van der Waals surface area (Å²) < 4.78 is 6.33. The first-order valence-electron chi connectivity index (χ1n) is 12.2. The van der Waals surface area contributed by atoms with Crippen molar-refractivity contribution in [2.45, 2.75) is 0 Å². The maximum atomic E-state index is 4.22. The molecule has 8 aromatic rings. The molecule has 4 aromatic heterocycles. The van der Waals surface area contributed by atoms with Gasteiger partial charge in [-0.05, 0) is 17.8 Å². The van der Waals surface area contributed by atoms with Gasteiger partial charge in [-0.25, -0.2) is 0 Å². The van der Waals surface area contributed by atoms with Crippen LogP contribution in [-0.2, 0) is 27.2 Å². The Morgan fingerprint density at radius 1 is 0.737 bits per heavy atom. The van der Waals surface area contributed by atoms with Crippen molar-refractivity contribution in [3.8, 4) is 16.9 Å². The van der Waals surface area contributed by atoms with E-state index in [9.17, 15) is 0 Å². The van der Waals surface area contributed by atoms with Gasteiger partial charge in [-0.2, -0.15) is 12.1 Å². The third kappa shape index (κ3) is 3.88. The van der Waals surface area contributed by atoms with Crippen LogP contribution in [0, 0.1) is 18.5 Å². The van der Waals surface area contributed by atoms with E-state index in [1.807, 2.05) is 77.1 Å². The van der Waals surface area contributed by atoms with Crippen LogP contribution in [0.2, 0.25) is 0 Å². The molecule has 0 amide bonds. The Morgan fingerprint density at radius 2 is 1.55 bits per heavy atom. The van der Waals surface area contributed by atoms with Gasteiger partial charge in [-0.1, -0.05) is 70.5 Å². The molecule has 0 saturated heterocycles. The fourth-order valence-electron chi connectivity index (χ4n) is 5.19. The molecule has 4 heterocycles. The summed E-state index contributed by atoms with van der Waals surface area (Å²) in [6.45, 7) is 0. The van der Waals surface area contributed by atoms with E-state index < -0.39 is 0 Å². The number of aryl methyl sites for hydroxylation is 1. The van der Waals surface area contributed by atoms with Crippen molar-refractivity contribution < 1.29 is 24.7 Å². The van der Waals surface area contributed by atoms with E-state index in [0.717, 1.165) is 16.9 Å². The van der Waals surface area contributed by atoms with E-state index in [4.69, 9.17) is 0 Å². The first kappa shape index (κ1) is 24.1. The first-order valence-corrected chi connectivity index (χ1v) is 12.2. The average Bonchev–Trinajstić information content (AvgIpc) is 3.65. The van der Waals surface area contributed by atoms with Gasteiger partial charge in [0, 0.05) is 34.9 Å². The number of nitrogens with zero attached hydrogens (tertiary/aromatic N) is 4. The number of pyridine rings is 1. The number of hydrogen-bond acceptors (Lipinski definition) is 1. The monoisotopic (exact) mass is 667 g/mol. The number of para-hydroxylation sites is 2. The van der Waals surface area contributed by atoms with E-state index in [0.29, 0.717) is 0 Å². The van der Waals surface area contributed by atoms with Gasteiger partial charge in [0.05, 0.1) is 12.6 Å². The summed E-state index contributed by atoms with van der Waals surface area (Å²) in [5.74, 6) is 0. The summed E-state index contributed by atoms with van der Waals surface area (Å²) >= 11 is 0. The molecule has 38 heavy (non-hydrogen) atoms. The second-order valence-electron chi connectivity index (χ2n) is 9.01. The molecule has 0 atom stereocenters. The van der Waals surface area contributed by atoms with Crippen molar-refractivity contribution in [1.29, 1.82) is 0 Å². The van der Waals surface area contributed by atoms with Crippen molar-refractivity contribution in [3.05, 3.63) is 134 Å². The van der Waals surface area contributed by atoms with Gasteiger partial charge < -0.3 is 18.5 Å². The molecule has 5 heteroatoms. The third-order valence-electron chi connectivity index (χ3n) is 6.75. The minimum atomic E-state index is 0. The van der Waals surface area contributed by atoms with Crippen molar-refractivity contribution >= 4 is 38.1 Å². The van der Waals surface area contributed by atoms with Gasteiger partial charge >= 0.3 is 20.1 Å². The molecular formula is C33H22IrN4+. The summed E-state index contributed by atoms with van der Waals surface area (Å²) in [4.78, 5) is 4.22. The summed E-state index contributed by atoms with van der Waals surface area (Å²) in [6, 6.07) is 39.6. The van der Waals surface area contributed by atoms with Crippen LogP contribution in [0.4, 0.5) is 0 Å². The Labute approximate surface area is 234 Å². The molecule has 0 aliphatic carbocycles. The number of fused-ring (bicyclic) bond motifs is 6. The molecule has 8 rings (SSSR count). The van der Waals surface area contributed by atoms with Crippen LogP contribution in [0.25, 0.3) is 55.0 Å². The molecule has 0 radical (unpaired) electrons. The Bertz CT molecular complexity index is 1950. The molecule has 4 nitrogen and oxygen atoms in total. The minimum Gasteiger partial charge on any atom is -0.348 e. The number of hydrogen-bond donors (Lipinski definition) is 0. The SMILES string of the molecule is C[n+]1[c-]n(-c2[c-]ccc3c2c2cccc4c5ccccc5n3c42)cc1.[Ir+3].[c-]1ccccc1-c1ccccn1. The van der Waals surface area contributed by atoms with Crippen LogP contribution in [0.15, 0.2) is 116 Å². The largest absolute Gasteiger partial charge is 3.00 e. The van der Waals surface area contributed by atoms with Gasteiger partial charge in [0.15, 0.2) is 0 Å². The predicted octanol–water partition coefficient (Wildman–Crippen LogP) is 6.60. The van der Waals surface area contributed by atoms with Gasteiger partial charge in [0.25, 0.3) is 0 Å². The maximum Gasteiger partial charge on any atom is 3.00 e. The van der Waals surface area contributed by atoms with Crippen LogP contribution in [-0.4, -0.2) is 14.0 Å². The van der Waals surface area contributed by atoms with Gasteiger partial charge in [0.2, 0.25) is 6.33 Å². The van der Waals surface area contributed by atoms with E-state index >= 15 is 0 Å². The zero-order valence-corrected chi connectivity index (χ0v) is 23.0. The number of aromatic nitrogens is 4. The number of rotatable bonds is 2. The van der Waals surface area contributed by atoms with Gasteiger partial charge in [0.1, 0.15) is 0 Å². The van der Waals surface area contributed by atoms with Crippen molar-refractivity contribution in [2.24, 2.45) is 7.05 Å². The Balaban J connectivity index is 0.000000172. The summed E-state index contributed by atoms with van der Waals surface area (Å²) in [5.41, 5.74) is 6.81. The zero-order valence-electron chi connectivity index (χ0n) is 20.6. The quantitative estimate of drug-likeness (QED) is 0.151. The fraction of sp³-hybridized carbons (Fsp3) is 0.0303. The molecule has 0 saturated carbocycles. The Kier molecular flexibility index (Phi) is 6.24. The molecule has 4 aromatic carbocycles. The van der Waals surface area contributed by atoms with Crippen LogP contribution in [0.5, 0.6) is 0 Å². The molecule has 182 valence electrons. The van der Waals surface area contributed by atoms with E-state index in [1.54, 1.807) is 6.20 Å². The van der Waals surface area contributed by atoms with Crippen LogP contribution in [0.1, 0.15) is 0 Å². The van der Waals surface area contributed by atoms with Gasteiger partial charge in [-0.3, -0.25) is 0 Å². The second-order valence-corrected chi connectivity index (χ2v) is 9.01. The third-order valence-corrected chi connectivity index (χ3v) is 6.75. The molecule has 0 bridgehead atoms. The first-order chi connectivity index (χ1) is 18.3. The Hall–Kier alpha value is -4.31. The fourth-order valence-corrected chi connectivity index (χ4v) is 5.19. The molecule has 0 aliphatic rings. The van der Waals surface area contributed by atoms with Crippen LogP contribution >= 0.6 is 0 Å². The van der Waals surface area contributed by atoms with Crippen molar-refractivity contribution in [1.82, 2.24) is 14.0 Å². The number of imidazole rings is 1. The van der Waals surface area contributed by atoms with E-state index in [-0.39, 0.29) is 20.1 Å². The maximum absolute atomic E-state index is 4.22. The van der Waals surface area contributed by atoms with Gasteiger partial charge in [-0.15, -0.1) is 42.0 Å². The average molecular weight is 667 g/mol. The van der Waals surface area contributed by atoms with Crippen LogP contribution in [0.3, 0.4) is 0 Å². The molecule has 0 aliphatic heterocycles. The van der Waals surface area contributed by atoms with Crippen LogP contribution < -0.4 is 4.57 Å². The predicted molar refractivity (Wildman–Crippen MR) is 148 cm³/mol. The summed E-state index contributed by atoms with van der Waals surface area (Å²) in [6.07, 6.45) is 9.12. The van der Waals surface area contributed by atoms with E-state index in [2.05, 4.69) is 76.4 Å². The van der Waals surface area contributed by atoms with Crippen molar-refractivity contribution in [3.63, 3.8) is 0 Å². The standard InChI is InChI=1S/C22H14N3.C11H8N.Ir/c1-23-12-13-24(14-23)19-10-5-11-20-21(19)17-8-4-7-16-15-6-2-3-9-18(15)25(20)22(16)17;1-2-6-10(7-3-1)11-8-4-5-9-12-11;/h2-9,11-13H,1H3;1-6,8-9H;/q2*-1;+3. The second kappa shape index (κ2) is 9.86. The molecule has 0 spiro atoms. The summed E-state index contributed by atoms with van der Waals surface area (Å²) in [5, 5.41) is 5.09. The Morgan fingerprint density at radius 3 is 2.34 bits per heavy atom. The minimum absolute atomic E-state index is 0. The topological polar surface area (TPSA) is 26.1 Å². The van der Waals surface area contributed by atoms with E-state index in [1.165, 1.54) is 38.1 Å². The zero-order chi connectivity index (χ0) is 24.8. The summed E-state index contributed by atoms with van der Waals surface area (Å²) in [7, 11) is 1.98. The van der Waals surface area contributed by atoms with Crippen molar-refractivity contribution in [2.75, 3.05) is 0 Å². The molecular weight excluding hydrogens is 645 g/mol. The normalized spacial score (nSPS) is 11.1. The number of benzene rings is 4. The molecule has 0 fully saturated rings.